The Labute approximate surface area is 110 Å². The Morgan fingerprint density at radius 1 is 1.44 bits per heavy atom. The summed E-state index contributed by atoms with van der Waals surface area (Å²) in [6.45, 7) is 4.59. The fourth-order valence-electron chi connectivity index (χ4n) is 2.05. The molecule has 104 valence electrons. The number of hydrogen-bond acceptors (Lipinski definition) is 2. The minimum Gasteiger partial charge on any atom is -0.370 e. The van der Waals surface area contributed by atoms with E-state index >= 15 is 0 Å². The van der Waals surface area contributed by atoms with Gasteiger partial charge in [0.1, 0.15) is 0 Å². The maximum atomic E-state index is 11.6. The molecule has 0 saturated heterocycles. The molecule has 0 spiro atoms. The summed E-state index contributed by atoms with van der Waals surface area (Å²) in [5.41, 5.74) is 5.71. The monoisotopic (exact) mass is 254 g/mol. The lowest BCUT2D eigenvalue weighted by molar-refractivity contribution is -0.121. The van der Waals surface area contributed by atoms with Gasteiger partial charge in [-0.05, 0) is 26.2 Å². The molecule has 1 fully saturated rings. The molecule has 18 heavy (non-hydrogen) atoms. The highest BCUT2D eigenvalue weighted by Crippen LogP contribution is 2.17. The van der Waals surface area contributed by atoms with Crippen LogP contribution in [0.5, 0.6) is 0 Å². The Morgan fingerprint density at radius 2 is 2.11 bits per heavy atom. The summed E-state index contributed by atoms with van der Waals surface area (Å²) in [4.78, 5) is 15.8. The number of nitrogens with two attached hydrogens (primary N) is 1. The molecule has 5 nitrogen and oxygen atoms in total. The van der Waals surface area contributed by atoms with Gasteiger partial charge < -0.3 is 16.4 Å². The molecule has 1 aliphatic carbocycles. The second-order valence-corrected chi connectivity index (χ2v) is 5.02. The van der Waals surface area contributed by atoms with E-state index in [4.69, 9.17) is 5.73 Å². The molecule has 0 radical (unpaired) electrons. The molecule has 1 amide bonds. The van der Waals surface area contributed by atoms with Crippen molar-refractivity contribution in [2.75, 3.05) is 6.54 Å². The standard InChI is InChI=1S/C13H26N4O/c1-3-10(2)16-13(14)15-9-8-12(18)17-11-6-4-5-7-11/h10-11H,3-9H2,1-2H3,(H,17,18)(H3,14,15,16)/t10-/m1/s1. The number of aliphatic imine (C=N–C) groups is 1. The van der Waals surface area contributed by atoms with Crippen LogP contribution >= 0.6 is 0 Å². The molecule has 0 heterocycles. The van der Waals surface area contributed by atoms with E-state index in [0.717, 1.165) is 19.3 Å². The van der Waals surface area contributed by atoms with Gasteiger partial charge in [0.05, 0.1) is 6.54 Å². The Hall–Kier alpha value is -1.26. The molecule has 5 heteroatoms. The van der Waals surface area contributed by atoms with E-state index in [0.29, 0.717) is 31.0 Å². The molecular weight excluding hydrogens is 228 g/mol. The average Bonchev–Trinajstić information content (AvgIpc) is 2.81. The van der Waals surface area contributed by atoms with E-state index in [-0.39, 0.29) is 5.91 Å². The molecular formula is C13H26N4O. The second-order valence-electron chi connectivity index (χ2n) is 5.02. The van der Waals surface area contributed by atoms with Crippen molar-refractivity contribution in [2.24, 2.45) is 10.7 Å². The summed E-state index contributed by atoms with van der Waals surface area (Å²) in [5, 5.41) is 6.11. The van der Waals surface area contributed by atoms with Crippen LogP contribution in [0.4, 0.5) is 0 Å². The topological polar surface area (TPSA) is 79.5 Å². The summed E-state index contributed by atoms with van der Waals surface area (Å²) in [6.07, 6.45) is 6.11. The normalized spacial score (nSPS) is 18.7. The van der Waals surface area contributed by atoms with Crippen LogP contribution in [0.25, 0.3) is 0 Å². The lowest BCUT2D eigenvalue weighted by Crippen LogP contribution is -2.38. The van der Waals surface area contributed by atoms with Gasteiger partial charge in [0, 0.05) is 18.5 Å². The number of nitrogens with one attached hydrogen (secondary N) is 2. The number of nitrogens with zero attached hydrogens (tertiary/aromatic N) is 1. The van der Waals surface area contributed by atoms with Gasteiger partial charge in [-0.2, -0.15) is 0 Å². The number of carbonyl (C=O) groups is 1. The van der Waals surface area contributed by atoms with E-state index in [2.05, 4.69) is 29.5 Å². The predicted octanol–water partition coefficient (Wildman–Crippen LogP) is 1.14. The first-order chi connectivity index (χ1) is 8.61. The summed E-state index contributed by atoms with van der Waals surface area (Å²) in [7, 11) is 0. The van der Waals surface area contributed by atoms with Crippen molar-refractivity contribution in [3.05, 3.63) is 0 Å². The highest BCUT2D eigenvalue weighted by atomic mass is 16.1. The van der Waals surface area contributed by atoms with Gasteiger partial charge in [-0.3, -0.25) is 9.79 Å². The van der Waals surface area contributed by atoms with Gasteiger partial charge in [-0.15, -0.1) is 0 Å². The van der Waals surface area contributed by atoms with Crippen LogP contribution in [0.3, 0.4) is 0 Å². The van der Waals surface area contributed by atoms with Crippen LogP contribution in [-0.2, 0) is 4.79 Å². The number of guanidine groups is 1. The Kier molecular flexibility index (Phi) is 6.54. The molecule has 0 aliphatic heterocycles. The Morgan fingerprint density at radius 3 is 2.72 bits per heavy atom. The molecule has 1 saturated carbocycles. The van der Waals surface area contributed by atoms with Gasteiger partial charge in [0.15, 0.2) is 5.96 Å². The maximum absolute atomic E-state index is 11.6. The van der Waals surface area contributed by atoms with Crippen molar-refractivity contribution in [2.45, 2.75) is 64.5 Å². The van der Waals surface area contributed by atoms with Crippen molar-refractivity contribution in [3.8, 4) is 0 Å². The van der Waals surface area contributed by atoms with Crippen molar-refractivity contribution >= 4 is 11.9 Å². The smallest absolute Gasteiger partial charge is 0.222 e. The summed E-state index contributed by atoms with van der Waals surface area (Å²) in [5.74, 6) is 0.514. The van der Waals surface area contributed by atoms with Crippen LogP contribution < -0.4 is 16.4 Å². The van der Waals surface area contributed by atoms with E-state index in [1.807, 2.05) is 0 Å². The van der Waals surface area contributed by atoms with Crippen molar-refractivity contribution in [1.82, 2.24) is 10.6 Å². The van der Waals surface area contributed by atoms with Gasteiger partial charge in [0.2, 0.25) is 5.91 Å². The lowest BCUT2D eigenvalue weighted by Gasteiger charge is -2.12. The first-order valence-corrected chi connectivity index (χ1v) is 6.97. The molecule has 0 aromatic rings. The first-order valence-electron chi connectivity index (χ1n) is 6.97. The summed E-state index contributed by atoms with van der Waals surface area (Å²) < 4.78 is 0. The second kappa shape index (κ2) is 7.95. The number of hydrogen-bond donors (Lipinski definition) is 3. The molecule has 1 atom stereocenters. The minimum absolute atomic E-state index is 0.0852. The zero-order valence-electron chi connectivity index (χ0n) is 11.5. The first kappa shape index (κ1) is 14.8. The van der Waals surface area contributed by atoms with E-state index < -0.39 is 0 Å². The maximum Gasteiger partial charge on any atom is 0.222 e. The highest BCUT2D eigenvalue weighted by Gasteiger charge is 2.16. The van der Waals surface area contributed by atoms with Gasteiger partial charge in [-0.25, -0.2) is 0 Å². The fourth-order valence-corrected chi connectivity index (χ4v) is 2.05. The Balaban J connectivity index is 2.15. The van der Waals surface area contributed by atoms with Crippen LogP contribution in [0.1, 0.15) is 52.4 Å². The van der Waals surface area contributed by atoms with Crippen LogP contribution in [0, 0.1) is 0 Å². The number of carbonyl (C=O) groups excluding carboxylic acids is 1. The third kappa shape index (κ3) is 5.89. The largest absolute Gasteiger partial charge is 0.370 e. The van der Waals surface area contributed by atoms with E-state index in [9.17, 15) is 4.79 Å². The molecule has 0 bridgehead atoms. The van der Waals surface area contributed by atoms with Crippen LogP contribution in [-0.4, -0.2) is 30.5 Å². The molecule has 0 aromatic heterocycles. The third-order valence-corrected chi connectivity index (χ3v) is 3.35. The SMILES string of the molecule is CC[C@@H](C)NC(N)=NCCC(=O)NC1CCCC1. The molecule has 0 unspecified atom stereocenters. The number of amides is 1. The van der Waals surface area contributed by atoms with Crippen molar-refractivity contribution in [1.29, 1.82) is 0 Å². The summed E-state index contributed by atoms with van der Waals surface area (Å²) >= 11 is 0. The van der Waals surface area contributed by atoms with Gasteiger partial charge >= 0.3 is 0 Å². The summed E-state index contributed by atoms with van der Waals surface area (Å²) in [6, 6.07) is 0.707. The molecule has 1 aliphatic rings. The molecule has 0 aromatic carbocycles. The van der Waals surface area contributed by atoms with Crippen LogP contribution in [0.2, 0.25) is 0 Å². The fraction of sp³-hybridized carbons (Fsp3) is 0.846. The van der Waals surface area contributed by atoms with Gasteiger partial charge in [0.25, 0.3) is 0 Å². The third-order valence-electron chi connectivity index (χ3n) is 3.35. The predicted molar refractivity (Wildman–Crippen MR) is 74.4 cm³/mol. The van der Waals surface area contributed by atoms with E-state index in [1.165, 1.54) is 12.8 Å². The zero-order chi connectivity index (χ0) is 13.4. The quantitative estimate of drug-likeness (QED) is 0.491. The minimum atomic E-state index is 0.0852. The van der Waals surface area contributed by atoms with Crippen LogP contribution in [0.15, 0.2) is 4.99 Å². The zero-order valence-corrected chi connectivity index (χ0v) is 11.5. The van der Waals surface area contributed by atoms with Crippen molar-refractivity contribution < 1.29 is 4.79 Å². The van der Waals surface area contributed by atoms with Gasteiger partial charge in [-0.1, -0.05) is 19.8 Å². The van der Waals surface area contributed by atoms with E-state index in [1.54, 1.807) is 0 Å². The van der Waals surface area contributed by atoms with Crippen molar-refractivity contribution in [3.63, 3.8) is 0 Å². The molecule has 4 N–H and O–H groups in total. The Bertz CT molecular complexity index is 285. The molecule has 1 rings (SSSR count). The average molecular weight is 254 g/mol. The lowest BCUT2D eigenvalue weighted by atomic mass is 10.2. The highest BCUT2D eigenvalue weighted by molar-refractivity contribution is 5.79. The number of rotatable bonds is 6.